The van der Waals surface area contributed by atoms with Gasteiger partial charge in [-0.3, -0.25) is 0 Å². The van der Waals surface area contributed by atoms with E-state index in [1.165, 1.54) is 11.1 Å². The maximum atomic E-state index is 6.39. The van der Waals surface area contributed by atoms with Gasteiger partial charge in [-0.2, -0.15) is 0 Å². The van der Waals surface area contributed by atoms with Crippen LogP contribution in [0.4, 0.5) is 0 Å². The molecule has 2 N–H and O–H groups in total. The molecule has 1 aliphatic carbocycles. The summed E-state index contributed by atoms with van der Waals surface area (Å²) in [4.78, 5) is 1.09. The molecule has 2 aromatic rings. The van der Waals surface area contributed by atoms with Crippen LogP contribution < -0.4 is 10.5 Å². The molecule has 0 saturated carbocycles. The predicted molar refractivity (Wildman–Crippen MR) is 89.7 cm³/mol. The third-order valence-electron chi connectivity index (χ3n) is 3.71. The average molecular weight is 340 g/mol. The first-order valence-electron chi connectivity index (χ1n) is 6.62. The lowest BCUT2D eigenvalue weighted by Gasteiger charge is -2.16. The van der Waals surface area contributed by atoms with Gasteiger partial charge in [-0.1, -0.05) is 29.3 Å². The van der Waals surface area contributed by atoms with Crippen LogP contribution in [-0.4, -0.2) is 12.4 Å². The standard InChI is InChI=1S/C16H15Cl2NOS/c1-20-10-3-2-9-6-15(16(19)12(9)7-10)21-11-4-5-13(17)14(18)8-11/h2-5,7-8,15-16H,6,19H2,1H3. The fourth-order valence-electron chi connectivity index (χ4n) is 2.58. The number of fused-ring (bicyclic) bond motifs is 1. The van der Waals surface area contributed by atoms with Gasteiger partial charge in [-0.15, -0.1) is 11.8 Å². The highest BCUT2D eigenvalue weighted by atomic mass is 35.5. The third kappa shape index (κ3) is 3.02. The Hall–Kier alpha value is -0.870. The van der Waals surface area contributed by atoms with Gasteiger partial charge >= 0.3 is 0 Å². The summed E-state index contributed by atoms with van der Waals surface area (Å²) >= 11 is 13.8. The summed E-state index contributed by atoms with van der Waals surface area (Å²) in [7, 11) is 1.67. The van der Waals surface area contributed by atoms with Crippen LogP contribution in [0.25, 0.3) is 0 Å². The number of methoxy groups -OCH3 is 1. The Morgan fingerprint density at radius 3 is 2.67 bits per heavy atom. The molecule has 2 aromatic carbocycles. The molecule has 0 bridgehead atoms. The van der Waals surface area contributed by atoms with Crippen molar-refractivity contribution in [3.63, 3.8) is 0 Å². The molecular formula is C16H15Cl2NOS. The van der Waals surface area contributed by atoms with Crippen molar-refractivity contribution in [2.45, 2.75) is 22.6 Å². The molecule has 2 nitrogen and oxygen atoms in total. The Balaban J connectivity index is 1.81. The molecule has 2 unspecified atom stereocenters. The lowest BCUT2D eigenvalue weighted by molar-refractivity contribution is 0.414. The number of nitrogens with two attached hydrogens (primary N) is 1. The molecule has 0 spiro atoms. The average Bonchev–Trinajstić information content (AvgIpc) is 2.79. The van der Waals surface area contributed by atoms with Crippen molar-refractivity contribution in [1.82, 2.24) is 0 Å². The molecule has 0 amide bonds. The first kappa shape index (κ1) is 15.0. The van der Waals surface area contributed by atoms with E-state index in [9.17, 15) is 0 Å². The molecule has 5 heteroatoms. The van der Waals surface area contributed by atoms with Crippen LogP contribution >= 0.6 is 35.0 Å². The topological polar surface area (TPSA) is 35.2 Å². The Labute approximate surface area is 138 Å². The minimum atomic E-state index is -0.00504. The summed E-state index contributed by atoms with van der Waals surface area (Å²) in [5, 5.41) is 1.45. The highest BCUT2D eigenvalue weighted by Crippen LogP contribution is 2.42. The quantitative estimate of drug-likeness (QED) is 0.878. The van der Waals surface area contributed by atoms with E-state index in [4.69, 9.17) is 33.7 Å². The van der Waals surface area contributed by atoms with Gasteiger partial charge in [0.25, 0.3) is 0 Å². The van der Waals surface area contributed by atoms with Crippen molar-refractivity contribution in [1.29, 1.82) is 0 Å². The van der Waals surface area contributed by atoms with Crippen molar-refractivity contribution in [2.24, 2.45) is 5.73 Å². The first-order chi connectivity index (χ1) is 10.1. The van der Waals surface area contributed by atoms with E-state index in [1.807, 2.05) is 30.3 Å². The van der Waals surface area contributed by atoms with Gasteiger partial charge in [-0.05, 0) is 47.9 Å². The van der Waals surface area contributed by atoms with Gasteiger partial charge < -0.3 is 10.5 Å². The summed E-state index contributed by atoms with van der Waals surface area (Å²) in [5.74, 6) is 0.851. The van der Waals surface area contributed by atoms with E-state index in [1.54, 1.807) is 18.9 Å². The van der Waals surface area contributed by atoms with Crippen LogP contribution in [0.1, 0.15) is 17.2 Å². The fourth-order valence-corrected chi connectivity index (χ4v) is 4.18. The minimum absolute atomic E-state index is 0.00504. The van der Waals surface area contributed by atoms with Crippen LogP contribution in [-0.2, 0) is 6.42 Å². The Morgan fingerprint density at radius 1 is 1.14 bits per heavy atom. The number of halogens is 2. The summed E-state index contributed by atoms with van der Waals surface area (Å²) in [6, 6.07) is 11.8. The number of hydrogen-bond donors (Lipinski definition) is 1. The van der Waals surface area contributed by atoms with Crippen molar-refractivity contribution >= 4 is 35.0 Å². The maximum Gasteiger partial charge on any atom is 0.119 e. The molecule has 0 saturated heterocycles. The zero-order chi connectivity index (χ0) is 15.0. The van der Waals surface area contributed by atoms with Crippen LogP contribution in [0.15, 0.2) is 41.3 Å². The highest BCUT2D eigenvalue weighted by molar-refractivity contribution is 8.00. The summed E-state index contributed by atoms with van der Waals surface area (Å²) in [6.07, 6.45) is 0.950. The van der Waals surface area contributed by atoms with Gasteiger partial charge in [-0.25, -0.2) is 0 Å². The second-order valence-electron chi connectivity index (χ2n) is 5.03. The summed E-state index contributed by atoms with van der Waals surface area (Å²) < 4.78 is 5.28. The van der Waals surface area contributed by atoms with Crippen molar-refractivity contribution in [3.8, 4) is 5.75 Å². The maximum absolute atomic E-state index is 6.39. The van der Waals surface area contributed by atoms with Gasteiger partial charge in [0.05, 0.1) is 17.2 Å². The molecule has 110 valence electrons. The molecule has 0 heterocycles. The number of ether oxygens (including phenoxy) is 1. The van der Waals surface area contributed by atoms with Crippen molar-refractivity contribution < 1.29 is 4.74 Å². The highest BCUT2D eigenvalue weighted by Gasteiger charge is 2.30. The first-order valence-corrected chi connectivity index (χ1v) is 8.26. The minimum Gasteiger partial charge on any atom is -0.497 e. The summed E-state index contributed by atoms with van der Waals surface area (Å²) in [6.45, 7) is 0. The van der Waals surface area contributed by atoms with E-state index in [2.05, 4.69) is 6.07 Å². The van der Waals surface area contributed by atoms with Crippen LogP contribution in [0, 0.1) is 0 Å². The Bertz CT molecular complexity index is 677. The van der Waals surface area contributed by atoms with Crippen LogP contribution in [0.2, 0.25) is 10.0 Å². The van der Waals surface area contributed by atoms with E-state index in [0.29, 0.717) is 15.3 Å². The second-order valence-corrected chi connectivity index (χ2v) is 7.15. The molecule has 1 aliphatic rings. The smallest absolute Gasteiger partial charge is 0.119 e. The molecule has 21 heavy (non-hydrogen) atoms. The van der Waals surface area contributed by atoms with Crippen LogP contribution in [0.3, 0.4) is 0 Å². The number of thioether (sulfide) groups is 1. The van der Waals surface area contributed by atoms with Gasteiger partial charge in [0, 0.05) is 16.2 Å². The zero-order valence-electron chi connectivity index (χ0n) is 11.5. The fraction of sp³-hybridized carbons (Fsp3) is 0.250. The van der Waals surface area contributed by atoms with Crippen molar-refractivity contribution in [2.75, 3.05) is 7.11 Å². The Morgan fingerprint density at radius 2 is 1.95 bits per heavy atom. The monoisotopic (exact) mass is 339 g/mol. The van der Waals surface area contributed by atoms with E-state index in [-0.39, 0.29) is 6.04 Å². The lowest BCUT2D eigenvalue weighted by Crippen LogP contribution is -2.18. The molecule has 0 radical (unpaired) electrons. The Kier molecular flexibility index (Phi) is 4.36. The molecular weight excluding hydrogens is 325 g/mol. The predicted octanol–water partition coefficient (Wildman–Crippen LogP) is 4.72. The molecule has 0 fully saturated rings. The van der Waals surface area contributed by atoms with Crippen molar-refractivity contribution in [3.05, 3.63) is 57.6 Å². The number of rotatable bonds is 3. The normalized spacial score (nSPS) is 20.4. The lowest BCUT2D eigenvalue weighted by atomic mass is 10.1. The third-order valence-corrected chi connectivity index (χ3v) is 5.74. The molecule has 0 aliphatic heterocycles. The van der Waals surface area contributed by atoms with Gasteiger partial charge in [0.1, 0.15) is 5.75 Å². The summed E-state index contributed by atoms with van der Waals surface area (Å²) in [5.41, 5.74) is 8.86. The largest absolute Gasteiger partial charge is 0.497 e. The van der Waals surface area contributed by atoms with Crippen LogP contribution in [0.5, 0.6) is 5.75 Å². The van der Waals surface area contributed by atoms with Gasteiger partial charge in [0.15, 0.2) is 0 Å². The van der Waals surface area contributed by atoms with E-state index < -0.39 is 0 Å². The van der Waals surface area contributed by atoms with E-state index >= 15 is 0 Å². The molecule has 0 aromatic heterocycles. The second kappa shape index (κ2) is 6.09. The zero-order valence-corrected chi connectivity index (χ0v) is 13.8. The van der Waals surface area contributed by atoms with Gasteiger partial charge in [0.2, 0.25) is 0 Å². The number of benzene rings is 2. The molecule has 2 atom stereocenters. The molecule has 3 rings (SSSR count). The SMILES string of the molecule is COc1ccc2c(c1)C(N)C(Sc1ccc(Cl)c(Cl)c1)C2. The number of hydrogen-bond acceptors (Lipinski definition) is 3. The van der Waals surface area contributed by atoms with E-state index in [0.717, 1.165) is 17.1 Å².